The van der Waals surface area contributed by atoms with Crippen LogP contribution in [0.1, 0.15) is 47.0 Å². The van der Waals surface area contributed by atoms with Crippen molar-refractivity contribution in [2.75, 3.05) is 26.2 Å². The van der Waals surface area contributed by atoms with Crippen LogP contribution in [0.3, 0.4) is 0 Å². The molecule has 24 heavy (non-hydrogen) atoms. The second-order valence-corrected chi connectivity index (χ2v) is 7.86. The van der Waals surface area contributed by atoms with E-state index in [0.29, 0.717) is 19.1 Å². The molecule has 0 aromatic carbocycles. The van der Waals surface area contributed by atoms with E-state index in [1.165, 1.54) is 6.92 Å². The van der Waals surface area contributed by atoms with Gasteiger partial charge in [-0.25, -0.2) is 4.79 Å². The fourth-order valence-electron chi connectivity index (χ4n) is 3.67. The van der Waals surface area contributed by atoms with Gasteiger partial charge in [0.2, 0.25) is 5.91 Å². The van der Waals surface area contributed by atoms with Crippen LogP contribution in [0.25, 0.3) is 0 Å². The average molecular weight is 341 g/mol. The third-order valence-electron chi connectivity index (χ3n) is 4.66. The number of hydrogen-bond donors (Lipinski definition) is 2. The highest BCUT2D eigenvalue weighted by Crippen LogP contribution is 2.26. The summed E-state index contributed by atoms with van der Waals surface area (Å²) in [5.41, 5.74) is -0.476. The Bertz CT molecular complexity index is 455. The predicted molar refractivity (Wildman–Crippen MR) is 90.6 cm³/mol. The van der Waals surface area contributed by atoms with Crippen molar-refractivity contribution in [3.05, 3.63) is 0 Å². The van der Waals surface area contributed by atoms with Crippen LogP contribution in [0.4, 0.5) is 4.79 Å². The molecule has 2 aliphatic rings. The largest absolute Gasteiger partial charge is 0.444 e. The monoisotopic (exact) mass is 341 g/mol. The molecule has 2 heterocycles. The molecule has 2 saturated heterocycles. The van der Waals surface area contributed by atoms with E-state index in [-0.39, 0.29) is 30.7 Å². The first-order valence-corrected chi connectivity index (χ1v) is 8.81. The molecule has 2 fully saturated rings. The third kappa shape index (κ3) is 5.08. The minimum atomic E-state index is -0.476. The molecule has 2 aliphatic heterocycles. The number of amides is 2. The van der Waals surface area contributed by atoms with Crippen molar-refractivity contribution in [1.29, 1.82) is 0 Å². The summed E-state index contributed by atoms with van der Waals surface area (Å²) in [6.45, 7) is 9.33. The van der Waals surface area contributed by atoms with Gasteiger partial charge in [0.1, 0.15) is 5.60 Å². The number of carbonyl (C=O) groups is 2. The van der Waals surface area contributed by atoms with Gasteiger partial charge in [-0.2, -0.15) is 0 Å². The lowest BCUT2D eigenvalue weighted by Gasteiger charge is -2.39. The molecule has 0 aromatic heterocycles. The van der Waals surface area contributed by atoms with Gasteiger partial charge in [0.15, 0.2) is 0 Å². The van der Waals surface area contributed by atoms with Crippen molar-refractivity contribution in [2.45, 2.75) is 70.7 Å². The summed E-state index contributed by atoms with van der Waals surface area (Å²) in [5.74, 6) is -0.0294. The lowest BCUT2D eigenvalue weighted by Crippen LogP contribution is -2.50. The Labute approximate surface area is 144 Å². The van der Waals surface area contributed by atoms with E-state index < -0.39 is 5.60 Å². The number of nitrogens with zero attached hydrogens (tertiary/aromatic N) is 2. The van der Waals surface area contributed by atoms with Gasteiger partial charge in [0.05, 0.1) is 6.61 Å². The van der Waals surface area contributed by atoms with Crippen LogP contribution >= 0.6 is 0 Å². The van der Waals surface area contributed by atoms with Crippen molar-refractivity contribution in [3.63, 3.8) is 0 Å². The number of ether oxygens (including phenoxy) is 1. The summed E-state index contributed by atoms with van der Waals surface area (Å²) >= 11 is 0. The van der Waals surface area contributed by atoms with Crippen LogP contribution in [0.2, 0.25) is 0 Å². The van der Waals surface area contributed by atoms with Crippen LogP contribution in [0.5, 0.6) is 0 Å². The maximum absolute atomic E-state index is 12.1. The first-order valence-electron chi connectivity index (χ1n) is 8.81. The number of hydrogen-bond acceptors (Lipinski definition) is 5. The van der Waals surface area contributed by atoms with Gasteiger partial charge in [-0.1, -0.05) is 0 Å². The van der Waals surface area contributed by atoms with Gasteiger partial charge in [-0.05, 0) is 40.0 Å². The molecule has 0 saturated carbocycles. The van der Waals surface area contributed by atoms with E-state index in [1.54, 1.807) is 4.90 Å². The highest BCUT2D eigenvalue weighted by atomic mass is 16.6. The molecule has 0 spiro atoms. The Balaban J connectivity index is 1.87. The van der Waals surface area contributed by atoms with Crippen LogP contribution in [-0.2, 0) is 9.53 Å². The van der Waals surface area contributed by atoms with Crippen molar-refractivity contribution < 1.29 is 19.4 Å². The van der Waals surface area contributed by atoms with Gasteiger partial charge in [0, 0.05) is 44.7 Å². The normalized spacial score (nSPS) is 26.5. The predicted octanol–water partition coefficient (Wildman–Crippen LogP) is 0.957. The van der Waals surface area contributed by atoms with Crippen molar-refractivity contribution in [2.24, 2.45) is 0 Å². The molecule has 7 nitrogen and oxygen atoms in total. The maximum Gasteiger partial charge on any atom is 0.410 e. The van der Waals surface area contributed by atoms with Gasteiger partial charge >= 0.3 is 6.09 Å². The molecule has 7 heteroatoms. The third-order valence-corrected chi connectivity index (χ3v) is 4.66. The van der Waals surface area contributed by atoms with E-state index in [0.717, 1.165) is 25.8 Å². The number of rotatable bonds is 3. The van der Waals surface area contributed by atoms with Gasteiger partial charge in [0.25, 0.3) is 0 Å². The summed E-state index contributed by atoms with van der Waals surface area (Å²) in [7, 11) is 0. The van der Waals surface area contributed by atoms with E-state index >= 15 is 0 Å². The maximum atomic E-state index is 12.1. The number of likely N-dealkylation sites (tertiary alicyclic amines) is 2. The topological polar surface area (TPSA) is 82.1 Å². The minimum Gasteiger partial charge on any atom is -0.444 e. The number of piperidine rings is 1. The van der Waals surface area contributed by atoms with Gasteiger partial charge < -0.3 is 20.1 Å². The minimum absolute atomic E-state index is 0.0294. The van der Waals surface area contributed by atoms with Crippen LogP contribution < -0.4 is 5.32 Å². The number of aliphatic hydroxyl groups is 1. The molecule has 2 rings (SSSR count). The van der Waals surface area contributed by atoms with Crippen molar-refractivity contribution >= 4 is 12.0 Å². The van der Waals surface area contributed by atoms with E-state index in [9.17, 15) is 14.7 Å². The Hall–Kier alpha value is -1.34. The Kier molecular flexibility index (Phi) is 6.09. The average Bonchev–Trinajstić information content (AvgIpc) is 2.87. The number of nitrogens with one attached hydrogen (secondary N) is 1. The molecular weight excluding hydrogens is 310 g/mol. The molecule has 0 aromatic rings. The molecule has 0 aliphatic carbocycles. The molecule has 138 valence electrons. The standard InChI is InChI=1S/C17H31N3O4/c1-12(22)18-13-9-15(11-21)20(10-13)14-5-7-19(8-6-14)16(23)24-17(2,3)4/h13-15,21H,5-11H2,1-4H3,(H,18,22). The molecule has 0 radical (unpaired) electrons. The molecule has 2 amide bonds. The van der Waals surface area contributed by atoms with Crippen LogP contribution in [0, 0.1) is 0 Å². The molecular formula is C17H31N3O4. The van der Waals surface area contributed by atoms with E-state index in [4.69, 9.17) is 4.74 Å². The number of carbonyl (C=O) groups excluding carboxylic acids is 2. The second-order valence-electron chi connectivity index (χ2n) is 7.86. The zero-order chi connectivity index (χ0) is 17.9. The Morgan fingerprint density at radius 2 is 1.88 bits per heavy atom. The molecule has 2 unspecified atom stereocenters. The van der Waals surface area contributed by atoms with Crippen LogP contribution in [0.15, 0.2) is 0 Å². The Morgan fingerprint density at radius 1 is 1.25 bits per heavy atom. The smallest absolute Gasteiger partial charge is 0.410 e. The van der Waals surface area contributed by atoms with Gasteiger partial charge in [-0.3, -0.25) is 9.69 Å². The fourth-order valence-corrected chi connectivity index (χ4v) is 3.67. The van der Waals surface area contributed by atoms with Gasteiger partial charge in [-0.15, -0.1) is 0 Å². The van der Waals surface area contributed by atoms with Crippen molar-refractivity contribution in [3.8, 4) is 0 Å². The summed E-state index contributed by atoms with van der Waals surface area (Å²) in [6.07, 6.45) is 2.25. The van der Waals surface area contributed by atoms with E-state index in [2.05, 4.69) is 10.2 Å². The second kappa shape index (κ2) is 7.70. The number of aliphatic hydroxyl groups excluding tert-OH is 1. The zero-order valence-electron chi connectivity index (χ0n) is 15.2. The molecule has 2 N–H and O–H groups in total. The molecule has 2 atom stereocenters. The summed E-state index contributed by atoms with van der Waals surface area (Å²) in [4.78, 5) is 27.5. The molecule has 0 bridgehead atoms. The summed E-state index contributed by atoms with van der Waals surface area (Å²) in [6, 6.07) is 0.517. The van der Waals surface area contributed by atoms with Crippen LogP contribution in [-0.4, -0.2) is 76.9 Å². The quantitative estimate of drug-likeness (QED) is 0.799. The lowest BCUT2D eigenvalue weighted by molar-refractivity contribution is -0.119. The Morgan fingerprint density at radius 3 is 2.38 bits per heavy atom. The lowest BCUT2D eigenvalue weighted by atomic mass is 10.0. The highest BCUT2D eigenvalue weighted by Gasteiger charge is 2.38. The first kappa shape index (κ1) is 19.0. The first-order chi connectivity index (χ1) is 11.2. The zero-order valence-corrected chi connectivity index (χ0v) is 15.2. The highest BCUT2D eigenvalue weighted by molar-refractivity contribution is 5.73. The summed E-state index contributed by atoms with van der Waals surface area (Å²) < 4.78 is 5.43. The summed E-state index contributed by atoms with van der Waals surface area (Å²) in [5, 5.41) is 12.6. The van der Waals surface area contributed by atoms with E-state index in [1.807, 2.05) is 20.8 Å². The van der Waals surface area contributed by atoms with Crippen molar-refractivity contribution in [1.82, 2.24) is 15.1 Å². The SMILES string of the molecule is CC(=O)NC1CC(CO)N(C2CCN(C(=O)OC(C)(C)C)CC2)C1. The fraction of sp³-hybridized carbons (Fsp3) is 0.882.